The number of aliphatic carboxylic acids is 1. The number of carboxylic acid groups (broad SMARTS) is 1. The van der Waals surface area contributed by atoms with Crippen LogP contribution in [0.1, 0.15) is 43.4 Å². The first-order valence-electron chi connectivity index (χ1n) is 6.25. The monoisotopic (exact) mass is 284 g/mol. The van der Waals surface area contributed by atoms with E-state index in [1.807, 2.05) is 20.8 Å². The lowest BCUT2D eigenvalue weighted by Gasteiger charge is -2.13. The molecule has 0 aliphatic heterocycles. The van der Waals surface area contributed by atoms with Crippen LogP contribution in [0.2, 0.25) is 0 Å². The van der Waals surface area contributed by atoms with Crippen molar-refractivity contribution in [1.29, 1.82) is 0 Å². The zero-order chi connectivity index (χ0) is 15.3. The van der Waals surface area contributed by atoms with Crippen LogP contribution in [0.3, 0.4) is 0 Å². The molecule has 20 heavy (non-hydrogen) atoms. The van der Waals surface area contributed by atoms with Gasteiger partial charge >= 0.3 is 5.97 Å². The van der Waals surface area contributed by atoms with Crippen LogP contribution in [-0.2, 0) is 14.9 Å². The molecule has 0 fully saturated rings. The third kappa shape index (κ3) is 4.34. The average Bonchev–Trinajstić information content (AvgIpc) is 2.83. The highest BCUT2D eigenvalue weighted by atomic mass is 16.5. The number of rotatable bonds is 6. The third-order valence-corrected chi connectivity index (χ3v) is 2.70. The molecule has 2 N–H and O–H groups in total. The Kier molecular flexibility index (Phi) is 5.26. The number of amides is 1. The Morgan fingerprint density at radius 1 is 1.50 bits per heavy atom. The molecule has 112 valence electrons. The maximum absolute atomic E-state index is 11.9. The molecular weight excluding hydrogens is 264 g/mol. The van der Waals surface area contributed by atoms with Crippen molar-refractivity contribution in [2.75, 3.05) is 13.7 Å². The van der Waals surface area contributed by atoms with Crippen LogP contribution in [0.15, 0.2) is 10.6 Å². The first-order chi connectivity index (χ1) is 9.25. The van der Waals surface area contributed by atoms with Gasteiger partial charge in [0.25, 0.3) is 5.91 Å². The number of nitrogens with one attached hydrogen (secondary N) is 1. The second kappa shape index (κ2) is 6.51. The van der Waals surface area contributed by atoms with Crippen molar-refractivity contribution in [1.82, 2.24) is 10.5 Å². The molecule has 1 aromatic rings. The highest BCUT2D eigenvalue weighted by Gasteiger charge is 2.25. The van der Waals surface area contributed by atoms with Crippen molar-refractivity contribution >= 4 is 11.9 Å². The van der Waals surface area contributed by atoms with Gasteiger partial charge in [0.1, 0.15) is 11.8 Å². The quantitative estimate of drug-likeness (QED) is 0.813. The molecule has 1 unspecified atom stereocenters. The largest absolute Gasteiger partial charge is 0.480 e. The van der Waals surface area contributed by atoms with Crippen molar-refractivity contribution < 1.29 is 24.0 Å². The van der Waals surface area contributed by atoms with Crippen LogP contribution in [0, 0.1) is 0 Å². The predicted molar refractivity (Wildman–Crippen MR) is 70.6 cm³/mol. The average molecular weight is 284 g/mol. The standard InChI is InChI=1S/C13H20N2O5/c1-13(2,3)10-7-9(15-20-10)11(16)14-8(12(17)18)5-6-19-4/h7-8H,5-6H2,1-4H3,(H,14,16)(H,17,18). The smallest absolute Gasteiger partial charge is 0.326 e. The van der Waals surface area contributed by atoms with Gasteiger partial charge in [-0.3, -0.25) is 4.79 Å². The molecule has 1 rings (SSSR count). The fourth-order valence-corrected chi connectivity index (χ4v) is 1.46. The summed E-state index contributed by atoms with van der Waals surface area (Å²) in [5.41, 5.74) is -0.202. The number of carbonyl (C=O) groups is 2. The lowest BCUT2D eigenvalue weighted by molar-refractivity contribution is -0.139. The van der Waals surface area contributed by atoms with Gasteiger partial charge in [0.05, 0.1) is 0 Å². The first kappa shape index (κ1) is 16.2. The zero-order valence-corrected chi connectivity index (χ0v) is 12.1. The minimum Gasteiger partial charge on any atom is -0.480 e. The van der Waals surface area contributed by atoms with Gasteiger partial charge in [0.2, 0.25) is 0 Å². The summed E-state index contributed by atoms with van der Waals surface area (Å²) in [5.74, 6) is -1.13. The van der Waals surface area contributed by atoms with Crippen molar-refractivity contribution in [2.45, 2.75) is 38.6 Å². The topological polar surface area (TPSA) is 102 Å². The minimum absolute atomic E-state index is 0.0681. The molecule has 0 spiro atoms. The number of carbonyl (C=O) groups excluding carboxylic acids is 1. The van der Waals surface area contributed by atoms with Gasteiger partial charge in [0, 0.05) is 31.6 Å². The fourth-order valence-electron chi connectivity index (χ4n) is 1.46. The maximum atomic E-state index is 11.9. The number of carboxylic acids is 1. The van der Waals surface area contributed by atoms with Gasteiger partial charge in [-0.15, -0.1) is 0 Å². The van der Waals surface area contributed by atoms with E-state index in [4.69, 9.17) is 14.4 Å². The molecule has 0 saturated heterocycles. The summed E-state index contributed by atoms with van der Waals surface area (Å²) < 4.78 is 9.90. The van der Waals surface area contributed by atoms with Crippen LogP contribution >= 0.6 is 0 Å². The molecule has 0 aromatic carbocycles. The number of nitrogens with zero attached hydrogens (tertiary/aromatic N) is 1. The van der Waals surface area contributed by atoms with E-state index in [1.165, 1.54) is 13.2 Å². The summed E-state index contributed by atoms with van der Waals surface area (Å²) in [4.78, 5) is 22.9. The normalized spacial score (nSPS) is 13.0. The summed E-state index contributed by atoms with van der Waals surface area (Å²) in [7, 11) is 1.47. The van der Waals surface area contributed by atoms with E-state index in [2.05, 4.69) is 10.5 Å². The SMILES string of the molecule is COCCC(NC(=O)c1cc(C(C)(C)C)on1)C(=O)O. The Bertz CT molecular complexity index is 475. The van der Waals surface area contributed by atoms with E-state index in [1.54, 1.807) is 0 Å². The van der Waals surface area contributed by atoms with Crippen LogP contribution in [0.4, 0.5) is 0 Å². The number of aromatic nitrogens is 1. The van der Waals surface area contributed by atoms with Crippen LogP contribution in [0.5, 0.6) is 0 Å². The molecule has 0 aliphatic carbocycles. The minimum atomic E-state index is -1.12. The van der Waals surface area contributed by atoms with E-state index in [0.717, 1.165) is 0 Å². The van der Waals surface area contributed by atoms with Gasteiger partial charge in [-0.25, -0.2) is 4.79 Å². The first-order valence-corrected chi connectivity index (χ1v) is 6.25. The lowest BCUT2D eigenvalue weighted by atomic mass is 9.93. The summed E-state index contributed by atoms with van der Waals surface area (Å²) in [5, 5.41) is 15.1. The Labute approximate surface area is 117 Å². The second-order valence-corrected chi connectivity index (χ2v) is 5.47. The summed E-state index contributed by atoms with van der Waals surface area (Å²) in [6.07, 6.45) is 0.182. The molecule has 7 nitrogen and oxygen atoms in total. The summed E-state index contributed by atoms with van der Waals surface area (Å²) in [6.45, 7) is 6.01. The van der Waals surface area contributed by atoms with Crippen molar-refractivity contribution in [2.24, 2.45) is 0 Å². The van der Waals surface area contributed by atoms with E-state index in [-0.39, 0.29) is 24.1 Å². The highest BCUT2D eigenvalue weighted by molar-refractivity contribution is 5.94. The molecule has 0 saturated carbocycles. The van der Waals surface area contributed by atoms with Gasteiger partial charge in [-0.05, 0) is 0 Å². The molecule has 7 heteroatoms. The summed E-state index contributed by atoms with van der Waals surface area (Å²) in [6, 6.07) is 0.502. The molecule has 1 heterocycles. The Morgan fingerprint density at radius 3 is 2.60 bits per heavy atom. The molecule has 1 aromatic heterocycles. The van der Waals surface area contributed by atoms with E-state index < -0.39 is 17.9 Å². The number of hydrogen-bond acceptors (Lipinski definition) is 5. The zero-order valence-electron chi connectivity index (χ0n) is 12.1. The molecular formula is C13H20N2O5. The van der Waals surface area contributed by atoms with Crippen molar-refractivity contribution in [3.05, 3.63) is 17.5 Å². The third-order valence-electron chi connectivity index (χ3n) is 2.70. The fraction of sp³-hybridized carbons (Fsp3) is 0.615. The number of methoxy groups -OCH3 is 1. The van der Waals surface area contributed by atoms with Gasteiger partial charge in [-0.1, -0.05) is 25.9 Å². The van der Waals surface area contributed by atoms with Gasteiger partial charge in [0.15, 0.2) is 5.69 Å². The Balaban J connectivity index is 2.74. The van der Waals surface area contributed by atoms with Crippen molar-refractivity contribution in [3.8, 4) is 0 Å². The molecule has 0 radical (unpaired) electrons. The van der Waals surface area contributed by atoms with Crippen molar-refractivity contribution in [3.63, 3.8) is 0 Å². The highest BCUT2D eigenvalue weighted by Crippen LogP contribution is 2.22. The summed E-state index contributed by atoms with van der Waals surface area (Å²) >= 11 is 0. The predicted octanol–water partition coefficient (Wildman–Crippen LogP) is 1.19. The van der Waals surface area contributed by atoms with Crippen LogP contribution in [-0.4, -0.2) is 41.9 Å². The van der Waals surface area contributed by atoms with Gasteiger partial charge in [-0.2, -0.15) is 0 Å². The molecule has 0 bridgehead atoms. The van der Waals surface area contributed by atoms with Crippen LogP contribution in [0.25, 0.3) is 0 Å². The molecule has 1 amide bonds. The molecule has 1 atom stereocenters. The molecule has 0 aliphatic rings. The van der Waals surface area contributed by atoms with Gasteiger partial charge < -0.3 is 19.7 Å². The second-order valence-electron chi connectivity index (χ2n) is 5.47. The lowest BCUT2D eigenvalue weighted by Crippen LogP contribution is -2.41. The van der Waals surface area contributed by atoms with Crippen LogP contribution < -0.4 is 5.32 Å². The maximum Gasteiger partial charge on any atom is 0.326 e. The number of ether oxygens (including phenoxy) is 1. The number of hydrogen-bond donors (Lipinski definition) is 2. The van der Waals surface area contributed by atoms with E-state index in [0.29, 0.717) is 5.76 Å². The van der Waals surface area contributed by atoms with E-state index >= 15 is 0 Å². The Hall–Kier alpha value is -1.89. The van der Waals surface area contributed by atoms with E-state index in [9.17, 15) is 9.59 Å². The Morgan fingerprint density at radius 2 is 2.15 bits per heavy atom.